The molecule has 4 aromatic rings. The Kier molecular flexibility index (Phi) is 62.0. The summed E-state index contributed by atoms with van der Waals surface area (Å²) in [4.78, 5) is 213. The van der Waals surface area contributed by atoms with E-state index in [9.17, 15) is 102 Å². The third-order valence-electron chi connectivity index (χ3n) is 25.8. The highest BCUT2D eigenvalue weighted by Crippen LogP contribution is 2.23. The molecule has 3 fully saturated rings. The minimum atomic E-state index is -1.50. The van der Waals surface area contributed by atoms with Crippen molar-refractivity contribution >= 4 is 100 Å². The minimum absolute atomic E-state index is 0.00453. The summed E-state index contributed by atoms with van der Waals surface area (Å²) in [5, 5.41) is 105. The topological polar surface area (TPSA) is 604 Å². The Morgan fingerprint density at radius 1 is 0.315 bits per heavy atom. The van der Waals surface area contributed by atoms with Crippen molar-refractivity contribution in [2.24, 2.45) is 11.8 Å². The summed E-state index contributed by atoms with van der Waals surface area (Å²) in [6, 6.07) is 29.1. The van der Waals surface area contributed by atoms with E-state index >= 15 is 0 Å². The number of amides is 9. The minimum Gasteiger partial charge on any atom is -0.511 e. The Hall–Kier alpha value is -12.3. The number of aliphatic hydroxyl groups excluding tert-OH is 1. The number of rotatable bonds is 70. The molecular weight excluding hydrogens is 1880 g/mol. The molecule has 7 rings (SSSR count). The Morgan fingerprint density at radius 3 is 0.938 bits per heavy atom. The van der Waals surface area contributed by atoms with Crippen molar-refractivity contribution in [1.82, 2.24) is 85.1 Å². The van der Waals surface area contributed by atoms with E-state index in [-0.39, 0.29) is 147 Å². The fourth-order valence-corrected chi connectivity index (χ4v) is 17.3. The molecule has 0 saturated carbocycles. The van der Waals surface area contributed by atoms with E-state index in [2.05, 4.69) is 91.6 Å². The summed E-state index contributed by atoms with van der Waals surface area (Å²) in [6.45, 7) is 14.1. The van der Waals surface area contributed by atoms with Crippen LogP contribution in [-0.2, 0) is 97.6 Å². The number of aliphatic hydroxyl groups is 1. The van der Waals surface area contributed by atoms with E-state index in [1.165, 1.54) is 6.92 Å². The number of carbonyl (C=O) groups is 17. The van der Waals surface area contributed by atoms with Gasteiger partial charge < -0.3 is 121 Å². The van der Waals surface area contributed by atoms with Gasteiger partial charge in [-0.1, -0.05) is 192 Å². The molecule has 0 aromatic heterocycles. The first kappa shape index (κ1) is 124. The largest absolute Gasteiger partial charge is 0.511 e. The lowest BCUT2D eigenvalue weighted by atomic mass is 9.89. The lowest BCUT2D eigenvalue weighted by Gasteiger charge is -2.38. The Balaban J connectivity index is 0.000000538. The number of carbonyl (C=O) groups excluding carboxylic acids is 12. The normalized spacial score (nSPS) is 16.6. The Morgan fingerprint density at radius 2 is 0.610 bits per heavy atom. The van der Waals surface area contributed by atoms with Gasteiger partial charge in [0.1, 0.15) is 41.2 Å². The number of carboxylic acids is 5. The van der Waals surface area contributed by atoms with E-state index in [0.29, 0.717) is 155 Å². The average molecular weight is 2040 g/mol. The molecule has 808 valence electrons. The van der Waals surface area contributed by atoms with E-state index < -0.39 is 108 Å². The molecule has 39 nitrogen and oxygen atoms in total. The number of ketones is 5. The fourth-order valence-electron chi connectivity index (χ4n) is 17.3. The third kappa shape index (κ3) is 55.9. The molecule has 4 unspecified atom stereocenters. The number of carboxylic acid groups (broad SMARTS) is 5. The average Bonchev–Trinajstić information content (AvgIpc) is 0.838. The number of hydrogen-bond donors (Lipinski definition) is 22. The van der Waals surface area contributed by atoms with Gasteiger partial charge in [0.25, 0.3) is 0 Å². The molecule has 9 amide bonds. The summed E-state index contributed by atoms with van der Waals surface area (Å²) in [6.07, 6.45) is 14.0. The molecule has 8 atom stereocenters. The molecule has 0 radical (unpaired) electrons. The first-order valence-corrected chi connectivity index (χ1v) is 51.9. The molecular formula is C107H162N16O23. The SMILES string of the molecule is C=C(O)C(CCCCCC(=O)CCCCCCCNC(=O)[C@H](CC(=O)[C@@H](Cc1ccccc1)NC(=O)CCCC(C)=O)Cc1ccccc1)NC(=O)NC(CCC(=O)O)C(=O)O.CNC12CNCCNCC(NC(=O)CCCC(=O)N[C@H](Cc3ccccc3)C(=O)C[C@H](Cc3ccccc3)C(=O)NCCCCCCCC(=O)CCCCCC(NC(=O)NC(CCC(=O)O)C(=O)O)C(=O)O)(CNCCNC1)CNCCNC2. The lowest BCUT2D eigenvalue weighted by molar-refractivity contribution is -0.142. The van der Waals surface area contributed by atoms with Crippen LogP contribution in [0.3, 0.4) is 0 Å². The molecule has 3 saturated heterocycles. The van der Waals surface area contributed by atoms with E-state index in [1.807, 2.05) is 128 Å². The maximum atomic E-state index is 14.3. The van der Waals surface area contributed by atoms with Crippen LogP contribution in [0.5, 0.6) is 0 Å². The Bertz CT molecular complexity index is 4610. The van der Waals surface area contributed by atoms with Gasteiger partial charge in [0.2, 0.25) is 29.5 Å². The summed E-state index contributed by atoms with van der Waals surface area (Å²) in [5.74, 6) is -9.77. The quantitative estimate of drug-likeness (QED) is 0.0151. The molecule has 0 spiro atoms. The number of unbranched alkanes of at least 4 members (excludes halogenated alkanes) is 12. The van der Waals surface area contributed by atoms with Crippen LogP contribution in [0.15, 0.2) is 134 Å². The van der Waals surface area contributed by atoms with Gasteiger partial charge in [-0.3, -0.25) is 52.7 Å². The maximum absolute atomic E-state index is 14.3. The molecule has 2 bridgehead atoms. The van der Waals surface area contributed by atoms with Gasteiger partial charge in [0.15, 0.2) is 11.6 Å². The van der Waals surface area contributed by atoms with E-state index in [0.717, 1.165) is 113 Å². The van der Waals surface area contributed by atoms with E-state index in [1.54, 1.807) is 0 Å². The van der Waals surface area contributed by atoms with Crippen molar-refractivity contribution in [3.63, 3.8) is 0 Å². The standard InChI is InChI=1S/C60H96N12O12.C47H66N4O11/c1-61-59-38-62-29-32-65-41-60(42-66-33-30-63-39-59,43-67-34-31-64-40-59)72-53(76)25-16-24-52(75)69-50(36-45-19-10-6-11-20-45)51(74)37-46(35-44-17-8-5-9-18-44)55(79)68-28-15-4-2-3-12-21-47(73)22-13-7-14-23-48(56(80)81)70-58(84)71-49(57(82)83)26-27-54(77)78;1-33(52)18-17-26-43(56)49-41(31-36-21-11-7-12-22-36)42(55)32-37(30-35-19-9-6-10-20-35)45(59)48-29-16-5-3-4-13-23-38(54)24-14-8-15-25-39(34(2)53)50-47(62)51-40(46(60)61)27-28-44(57)58/h5-6,8-11,17-20,46,48-50,61-67H,2-4,7,12-16,21-43H2,1H3,(H,68,79)(H,69,75)(H,72,76)(H,77,78)(H,80,81)(H,82,83)(H2,70,71,84);6-7,9-12,19-22,37,39-41,53H,2-5,8,13-18,23-32H2,1H3,(H,48,59)(H,49,56)(H,57,58)(H,60,61)(H2,50,51,62)/t46-,48?,49?,50+,59?,60?;37-,39?,40?,41+/m00/s1. The highest BCUT2D eigenvalue weighted by molar-refractivity contribution is 5.95. The van der Waals surface area contributed by atoms with Gasteiger partial charge in [-0.25, -0.2) is 24.0 Å². The first-order valence-electron chi connectivity index (χ1n) is 51.9. The number of urea groups is 2. The number of Topliss-reactive ketones (excluding diaryl/α,β-unsaturated/α-hetero) is 5. The fraction of sp³-hybridized carbons (Fsp3) is 0.598. The summed E-state index contributed by atoms with van der Waals surface area (Å²) >= 11 is 0. The molecule has 4 aromatic carbocycles. The third-order valence-corrected chi connectivity index (χ3v) is 25.8. The monoisotopic (exact) mass is 2040 g/mol. The first-order chi connectivity index (χ1) is 70.1. The van der Waals surface area contributed by atoms with Crippen molar-refractivity contribution in [2.45, 2.75) is 298 Å². The van der Waals surface area contributed by atoms with E-state index in [4.69, 9.17) is 10.2 Å². The second-order valence-corrected chi connectivity index (χ2v) is 38.3. The molecule has 3 heterocycles. The van der Waals surface area contributed by atoms with Gasteiger partial charge in [0.05, 0.1) is 29.2 Å². The van der Waals surface area contributed by atoms with Crippen LogP contribution in [0.1, 0.15) is 247 Å². The zero-order valence-electron chi connectivity index (χ0n) is 85.3. The highest BCUT2D eigenvalue weighted by atomic mass is 16.4. The molecule has 39 heteroatoms. The maximum Gasteiger partial charge on any atom is 0.326 e. The van der Waals surface area contributed by atoms with Crippen molar-refractivity contribution in [3.8, 4) is 0 Å². The summed E-state index contributed by atoms with van der Waals surface area (Å²) in [7, 11) is 2.00. The Labute approximate surface area is 858 Å². The van der Waals surface area contributed by atoms with Gasteiger partial charge in [-0.2, -0.15) is 0 Å². The number of nitrogens with one attached hydrogen (secondary N) is 16. The number of aliphatic carboxylic acids is 5. The predicted molar refractivity (Wildman–Crippen MR) is 553 cm³/mol. The van der Waals surface area contributed by atoms with Gasteiger partial charge in [-0.15, -0.1) is 0 Å². The second kappa shape index (κ2) is 72.9. The van der Waals surface area contributed by atoms with Crippen molar-refractivity contribution in [2.75, 3.05) is 98.7 Å². The van der Waals surface area contributed by atoms with Crippen LogP contribution in [-0.4, -0.2) is 277 Å². The van der Waals surface area contributed by atoms with Crippen LogP contribution < -0.4 is 85.1 Å². The second-order valence-electron chi connectivity index (χ2n) is 38.3. The summed E-state index contributed by atoms with van der Waals surface area (Å²) in [5.41, 5.74) is 2.77. The van der Waals surface area contributed by atoms with Crippen LogP contribution >= 0.6 is 0 Å². The molecule has 22 N–H and O–H groups in total. The molecule has 3 aliphatic heterocycles. The van der Waals surface area contributed by atoms with Gasteiger partial charge >= 0.3 is 41.9 Å². The van der Waals surface area contributed by atoms with Crippen molar-refractivity contribution < 1.29 is 112 Å². The number of fused-ring (bicyclic) bond motifs is 15. The molecule has 146 heavy (non-hydrogen) atoms. The number of benzene rings is 4. The van der Waals surface area contributed by atoms with Crippen LogP contribution in [0.2, 0.25) is 0 Å². The smallest absolute Gasteiger partial charge is 0.326 e. The van der Waals surface area contributed by atoms with Crippen molar-refractivity contribution in [3.05, 3.63) is 156 Å². The van der Waals surface area contributed by atoms with Crippen LogP contribution in [0, 0.1) is 11.8 Å². The lowest BCUT2D eigenvalue weighted by Crippen LogP contribution is -2.67. The highest BCUT2D eigenvalue weighted by Gasteiger charge is 2.36. The number of likely N-dealkylation sites (N-methyl/N-ethyl adjacent to an activating group) is 1. The van der Waals surface area contributed by atoms with Crippen LogP contribution in [0.4, 0.5) is 9.59 Å². The molecule has 0 aliphatic carbocycles. The van der Waals surface area contributed by atoms with Gasteiger partial charge in [-0.05, 0) is 139 Å². The summed E-state index contributed by atoms with van der Waals surface area (Å²) < 4.78 is 0. The van der Waals surface area contributed by atoms with Crippen molar-refractivity contribution in [1.29, 1.82) is 0 Å². The predicted octanol–water partition coefficient (Wildman–Crippen LogP) is 7.45. The zero-order chi connectivity index (χ0) is 107. The van der Waals surface area contributed by atoms with Gasteiger partial charge in [0, 0.05) is 181 Å². The number of hydrogen-bond acceptors (Lipinski definition) is 25. The zero-order valence-corrected chi connectivity index (χ0v) is 85.3. The molecule has 3 aliphatic rings. The van der Waals surface area contributed by atoms with Crippen LogP contribution in [0.25, 0.3) is 0 Å².